The summed E-state index contributed by atoms with van der Waals surface area (Å²) < 4.78 is 0. The summed E-state index contributed by atoms with van der Waals surface area (Å²) in [4.78, 5) is 4.47. The number of anilines is 2. The normalized spacial score (nSPS) is 24.4. The topological polar surface area (TPSA) is 37.0 Å². The van der Waals surface area contributed by atoms with Gasteiger partial charge in [-0.15, -0.1) is 0 Å². The van der Waals surface area contributed by atoms with Crippen molar-refractivity contribution in [2.75, 3.05) is 10.6 Å². The first-order chi connectivity index (χ1) is 13.9. The highest BCUT2D eigenvalue weighted by atomic mass is 35.5. The van der Waals surface area contributed by atoms with Crippen molar-refractivity contribution >= 4 is 33.9 Å². The molecule has 2 N–H and O–H groups in total. The van der Waals surface area contributed by atoms with E-state index in [0.717, 1.165) is 34.5 Å². The molecule has 0 radical (unpaired) electrons. The predicted octanol–water partition coefficient (Wildman–Crippen LogP) is 6.83. The van der Waals surface area contributed by atoms with Crippen LogP contribution < -0.4 is 10.6 Å². The van der Waals surface area contributed by atoms with E-state index >= 15 is 0 Å². The number of hydrogen-bond acceptors (Lipinski definition) is 3. The van der Waals surface area contributed by atoms with Crippen LogP contribution in [0.3, 0.4) is 0 Å². The summed E-state index contributed by atoms with van der Waals surface area (Å²) >= 11 is 6.14. The predicted molar refractivity (Wildman–Crippen MR) is 125 cm³/mol. The van der Waals surface area contributed by atoms with Gasteiger partial charge in [0, 0.05) is 40.1 Å². The van der Waals surface area contributed by atoms with Gasteiger partial charge in [-0.1, -0.05) is 31.5 Å². The van der Waals surface area contributed by atoms with Gasteiger partial charge in [0.25, 0.3) is 0 Å². The smallest absolute Gasteiger partial charge is 0.0737 e. The zero-order valence-corrected chi connectivity index (χ0v) is 18.4. The SMILES string of the molecule is Cc1cc(C)cc(N[C@H]2C[C@@H](C)[C@@H](Nc3ccnc4cc(Cl)ccc34)C[C@H]2C)c1. The highest BCUT2D eigenvalue weighted by Gasteiger charge is 2.33. The molecule has 0 aliphatic heterocycles. The number of rotatable bonds is 4. The third kappa shape index (κ3) is 4.51. The molecule has 1 aromatic heterocycles. The maximum Gasteiger partial charge on any atom is 0.0737 e. The lowest BCUT2D eigenvalue weighted by atomic mass is 9.76. The maximum atomic E-state index is 6.14. The van der Waals surface area contributed by atoms with Crippen LogP contribution in [0.5, 0.6) is 0 Å². The van der Waals surface area contributed by atoms with Crippen LogP contribution in [0.15, 0.2) is 48.7 Å². The molecule has 3 nitrogen and oxygen atoms in total. The Morgan fingerprint density at radius 3 is 2.21 bits per heavy atom. The molecule has 0 unspecified atom stereocenters. The number of hydrogen-bond donors (Lipinski definition) is 2. The average Bonchev–Trinajstić information content (AvgIpc) is 2.65. The molecule has 0 saturated heterocycles. The fraction of sp³-hybridized carbons (Fsp3) is 0.400. The molecule has 29 heavy (non-hydrogen) atoms. The molecule has 4 rings (SSSR count). The van der Waals surface area contributed by atoms with Crippen LogP contribution in [0.25, 0.3) is 10.9 Å². The van der Waals surface area contributed by atoms with Gasteiger partial charge in [0.1, 0.15) is 0 Å². The number of pyridine rings is 1. The van der Waals surface area contributed by atoms with Gasteiger partial charge < -0.3 is 10.6 Å². The Labute approximate surface area is 178 Å². The van der Waals surface area contributed by atoms with Gasteiger partial charge in [0.2, 0.25) is 0 Å². The molecular weight excluding hydrogens is 378 g/mol. The number of aromatic nitrogens is 1. The zero-order chi connectivity index (χ0) is 20.5. The van der Waals surface area contributed by atoms with Crippen LogP contribution in [0, 0.1) is 25.7 Å². The van der Waals surface area contributed by atoms with Gasteiger partial charge in [0.05, 0.1) is 5.52 Å². The van der Waals surface area contributed by atoms with Gasteiger partial charge in [-0.2, -0.15) is 0 Å². The summed E-state index contributed by atoms with van der Waals surface area (Å²) in [6, 6.07) is 15.7. The van der Waals surface area contributed by atoms with Crippen LogP contribution in [-0.4, -0.2) is 17.1 Å². The minimum absolute atomic E-state index is 0.448. The van der Waals surface area contributed by atoms with Gasteiger partial charge in [-0.3, -0.25) is 4.98 Å². The average molecular weight is 408 g/mol. The van der Waals surface area contributed by atoms with Crippen LogP contribution in [-0.2, 0) is 0 Å². The Balaban J connectivity index is 1.48. The molecule has 1 heterocycles. The number of aryl methyl sites for hydroxylation is 2. The molecule has 152 valence electrons. The maximum absolute atomic E-state index is 6.14. The van der Waals surface area contributed by atoms with Crippen molar-refractivity contribution in [3.63, 3.8) is 0 Å². The van der Waals surface area contributed by atoms with Crippen molar-refractivity contribution in [1.82, 2.24) is 4.98 Å². The van der Waals surface area contributed by atoms with E-state index < -0.39 is 0 Å². The second kappa shape index (κ2) is 8.23. The molecule has 4 atom stereocenters. The quantitative estimate of drug-likeness (QED) is 0.497. The van der Waals surface area contributed by atoms with Crippen LogP contribution in [0.2, 0.25) is 5.02 Å². The molecule has 0 spiro atoms. The van der Waals surface area contributed by atoms with Gasteiger partial charge in [-0.25, -0.2) is 0 Å². The van der Waals surface area contributed by atoms with Crippen LogP contribution in [0.1, 0.15) is 37.8 Å². The molecular formula is C25H30ClN3. The first-order valence-electron chi connectivity index (χ1n) is 10.5. The highest BCUT2D eigenvalue weighted by Crippen LogP contribution is 2.35. The Morgan fingerprint density at radius 2 is 1.52 bits per heavy atom. The van der Waals surface area contributed by atoms with Crippen LogP contribution in [0.4, 0.5) is 11.4 Å². The molecule has 2 aromatic carbocycles. The fourth-order valence-electron chi connectivity index (χ4n) is 4.72. The Kier molecular flexibility index (Phi) is 5.69. The first kappa shape index (κ1) is 20.0. The van der Waals surface area contributed by atoms with E-state index in [2.05, 4.69) is 73.6 Å². The van der Waals surface area contributed by atoms with Crippen molar-refractivity contribution in [3.8, 4) is 0 Å². The second-order valence-corrected chi connectivity index (χ2v) is 9.26. The molecule has 1 fully saturated rings. The van der Waals surface area contributed by atoms with Crippen molar-refractivity contribution < 1.29 is 0 Å². The van der Waals surface area contributed by atoms with Gasteiger partial charge >= 0.3 is 0 Å². The zero-order valence-electron chi connectivity index (χ0n) is 17.7. The Hall–Kier alpha value is -2.26. The third-order valence-corrected chi connectivity index (χ3v) is 6.48. The standard InChI is InChI=1S/C25H30ClN3/c1-15-9-16(2)11-20(10-15)28-23-12-18(4)24(13-17(23)3)29-22-7-8-27-25-14-19(26)5-6-21(22)25/h5-11,14,17-18,23-24,28H,12-13H2,1-4H3,(H,27,29)/t17-,18-,23+,24+/m1/s1. The van der Waals surface area contributed by atoms with E-state index in [1.807, 2.05) is 18.3 Å². The molecule has 0 amide bonds. The number of halogens is 1. The lowest BCUT2D eigenvalue weighted by Gasteiger charge is -2.40. The monoisotopic (exact) mass is 407 g/mol. The van der Waals surface area contributed by atoms with Gasteiger partial charge in [0.15, 0.2) is 0 Å². The molecule has 1 aliphatic rings. The van der Waals surface area contributed by atoms with Crippen molar-refractivity contribution in [2.24, 2.45) is 11.8 Å². The minimum Gasteiger partial charge on any atom is -0.382 e. The van der Waals surface area contributed by atoms with E-state index in [9.17, 15) is 0 Å². The van der Waals surface area contributed by atoms with E-state index in [1.165, 1.54) is 16.8 Å². The van der Waals surface area contributed by atoms with Crippen molar-refractivity contribution in [1.29, 1.82) is 0 Å². The summed E-state index contributed by atoms with van der Waals surface area (Å²) in [6.45, 7) is 9.06. The van der Waals surface area contributed by atoms with E-state index in [1.54, 1.807) is 0 Å². The molecule has 3 aromatic rings. The summed E-state index contributed by atoms with van der Waals surface area (Å²) in [5.74, 6) is 1.16. The largest absolute Gasteiger partial charge is 0.382 e. The summed E-state index contributed by atoms with van der Waals surface area (Å²) in [5, 5.41) is 9.48. The van der Waals surface area contributed by atoms with Crippen LogP contribution >= 0.6 is 11.6 Å². The number of benzene rings is 2. The summed E-state index contributed by atoms with van der Waals surface area (Å²) in [7, 11) is 0. The molecule has 4 heteroatoms. The number of nitrogens with one attached hydrogen (secondary N) is 2. The van der Waals surface area contributed by atoms with E-state index in [0.29, 0.717) is 23.9 Å². The fourth-order valence-corrected chi connectivity index (χ4v) is 4.88. The number of fused-ring (bicyclic) bond motifs is 1. The summed E-state index contributed by atoms with van der Waals surface area (Å²) in [5.41, 5.74) is 5.96. The molecule has 1 saturated carbocycles. The van der Waals surface area contributed by atoms with E-state index in [-0.39, 0.29) is 0 Å². The van der Waals surface area contributed by atoms with Crippen molar-refractivity contribution in [3.05, 3.63) is 64.8 Å². The van der Waals surface area contributed by atoms with Gasteiger partial charge in [-0.05, 0) is 86.1 Å². The number of nitrogens with zero attached hydrogens (tertiary/aromatic N) is 1. The van der Waals surface area contributed by atoms with Crippen molar-refractivity contribution in [2.45, 2.75) is 52.6 Å². The minimum atomic E-state index is 0.448. The van der Waals surface area contributed by atoms with E-state index in [4.69, 9.17) is 11.6 Å². The first-order valence-corrected chi connectivity index (χ1v) is 10.9. The lowest BCUT2D eigenvalue weighted by Crippen LogP contribution is -2.43. The second-order valence-electron chi connectivity index (χ2n) is 8.82. The highest BCUT2D eigenvalue weighted by molar-refractivity contribution is 6.31. The molecule has 0 bridgehead atoms. The summed E-state index contributed by atoms with van der Waals surface area (Å²) in [6.07, 6.45) is 4.16. The Morgan fingerprint density at radius 1 is 0.862 bits per heavy atom. The third-order valence-electron chi connectivity index (χ3n) is 6.24. The lowest BCUT2D eigenvalue weighted by molar-refractivity contribution is 0.257. The Bertz CT molecular complexity index is 996. The molecule has 1 aliphatic carbocycles.